The Morgan fingerprint density at radius 3 is 2.61 bits per heavy atom. The first kappa shape index (κ1) is 20.2. The summed E-state index contributed by atoms with van der Waals surface area (Å²) in [4.78, 5) is 37.9. The fourth-order valence-corrected chi connectivity index (χ4v) is 3.29. The first-order valence-corrected chi connectivity index (χ1v) is 9.48. The van der Waals surface area contributed by atoms with Crippen LogP contribution >= 0.6 is 0 Å². The van der Waals surface area contributed by atoms with Crippen molar-refractivity contribution in [3.05, 3.63) is 59.0 Å². The van der Waals surface area contributed by atoms with Crippen LogP contribution in [0.1, 0.15) is 20.8 Å². The molecule has 0 unspecified atom stereocenters. The Bertz CT molecular complexity index is 1320. The molecule has 1 amide bonds. The van der Waals surface area contributed by atoms with E-state index in [0.717, 1.165) is 21.2 Å². The second-order valence-electron chi connectivity index (χ2n) is 7.94. The number of ether oxygens (including phenoxy) is 1. The quantitative estimate of drug-likeness (QED) is 0.354. The second-order valence-corrected chi connectivity index (χ2v) is 7.94. The van der Waals surface area contributed by atoms with E-state index in [4.69, 9.17) is 4.74 Å². The van der Waals surface area contributed by atoms with Gasteiger partial charge in [-0.15, -0.1) is 0 Å². The summed E-state index contributed by atoms with van der Waals surface area (Å²) < 4.78 is 7.42. The van der Waals surface area contributed by atoms with Crippen LogP contribution in [0.25, 0.3) is 21.9 Å². The van der Waals surface area contributed by atoms with Gasteiger partial charge in [-0.2, -0.15) is 0 Å². The van der Waals surface area contributed by atoms with Crippen LogP contribution in [0, 0.1) is 10.1 Å². The zero-order chi connectivity index (χ0) is 22.3. The molecule has 0 N–H and O–H groups in total. The van der Waals surface area contributed by atoms with Crippen molar-refractivity contribution in [3.63, 3.8) is 0 Å². The number of amides is 1. The molecule has 0 saturated carbocycles. The Morgan fingerprint density at radius 2 is 1.90 bits per heavy atom. The first-order chi connectivity index (χ1) is 14.7. The number of fused-ring (bicyclic) bond motifs is 3. The van der Waals surface area contributed by atoms with Crippen LogP contribution in [-0.2, 0) is 11.8 Å². The summed E-state index contributed by atoms with van der Waals surface area (Å²) in [6.07, 6.45) is 3.98. The number of pyridine rings is 3. The summed E-state index contributed by atoms with van der Waals surface area (Å²) in [5.74, 6) is 0.268. The number of hydrogen-bond donors (Lipinski definition) is 0. The number of nitro groups is 1. The lowest BCUT2D eigenvalue weighted by molar-refractivity contribution is -0.384. The molecule has 0 atom stereocenters. The van der Waals surface area contributed by atoms with E-state index < -0.39 is 16.6 Å². The lowest BCUT2D eigenvalue weighted by Gasteiger charge is -2.26. The van der Waals surface area contributed by atoms with Crippen molar-refractivity contribution in [1.29, 1.82) is 0 Å². The molecule has 31 heavy (non-hydrogen) atoms. The van der Waals surface area contributed by atoms with E-state index in [1.54, 1.807) is 39.2 Å². The van der Waals surface area contributed by atoms with E-state index in [1.807, 2.05) is 23.7 Å². The molecule has 0 radical (unpaired) electrons. The number of hydrogen-bond acceptors (Lipinski definition) is 7. The van der Waals surface area contributed by atoms with Crippen molar-refractivity contribution in [2.24, 2.45) is 7.05 Å². The van der Waals surface area contributed by atoms with Crippen molar-refractivity contribution >= 4 is 45.4 Å². The third kappa shape index (κ3) is 3.75. The van der Waals surface area contributed by atoms with Crippen LogP contribution in [0.2, 0.25) is 0 Å². The predicted octanol–water partition coefficient (Wildman–Crippen LogP) is 4.50. The number of aryl methyl sites for hydroxylation is 1. The van der Waals surface area contributed by atoms with Gasteiger partial charge >= 0.3 is 6.09 Å². The molecule has 0 spiro atoms. The normalized spacial score (nSPS) is 11.6. The highest BCUT2D eigenvalue weighted by molar-refractivity contribution is 6.07. The third-order valence-electron chi connectivity index (χ3n) is 4.60. The van der Waals surface area contributed by atoms with E-state index in [-0.39, 0.29) is 17.3 Å². The smallest absolute Gasteiger partial charge is 0.421 e. The Balaban J connectivity index is 1.90. The van der Waals surface area contributed by atoms with E-state index in [0.29, 0.717) is 5.65 Å². The monoisotopic (exact) mass is 420 g/mol. The fraction of sp³-hybridized carbons (Fsp3) is 0.238. The van der Waals surface area contributed by atoms with Gasteiger partial charge in [-0.1, -0.05) is 0 Å². The summed E-state index contributed by atoms with van der Waals surface area (Å²) in [5.41, 5.74) is 0.576. The number of rotatable bonds is 3. The molecule has 10 nitrogen and oxygen atoms in total. The van der Waals surface area contributed by atoms with Crippen LogP contribution in [0.15, 0.2) is 48.9 Å². The summed E-state index contributed by atoms with van der Waals surface area (Å²) in [6.45, 7) is 5.20. The van der Waals surface area contributed by atoms with E-state index in [2.05, 4.69) is 15.0 Å². The standard InChI is InChI=1S/C21H20N6O4/c1-21(2,3)31-20(28)26(18-11-13(27(29)30)7-10-23-18)17-6-5-14-15-12-22-9-8-16(15)25(4)19(14)24-17/h5-12H,1-4H3. The lowest BCUT2D eigenvalue weighted by atomic mass is 10.2. The maximum absolute atomic E-state index is 13.1. The molecule has 4 heterocycles. The molecule has 0 fully saturated rings. The van der Waals surface area contributed by atoms with Crippen LogP contribution in [0.4, 0.5) is 22.1 Å². The highest BCUT2D eigenvalue weighted by Crippen LogP contribution is 2.32. The van der Waals surface area contributed by atoms with Crippen molar-refractivity contribution in [2.45, 2.75) is 26.4 Å². The van der Waals surface area contributed by atoms with Crippen molar-refractivity contribution in [2.75, 3.05) is 4.90 Å². The Labute approximate surface area is 177 Å². The summed E-state index contributed by atoms with van der Waals surface area (Å²) in [6, 6.07) is 7.82. The number of aromatic nitrogens is 4. The molecule has 0 aliphatic rings. The third-order valence-corrected chi connectivity index (χ3v) is 4.60. The lowest BCUT2D eigenvalue weighted by Crippen LogP contribution is -2.34. The molecule has 0 aromatic carbocycles. The highest BCUT2D eigenvalue weighted by atomic mass is 16.6. The highest BCUT2D eigenvalue weighted by Gasteiger charge is 2.28. The molecular weight excluding hydrogens is 400 g/mol. The number of carbonyl (C=O) groups excluding carboxylic acids is 1. The van der Waals surface area contributed by atoms with Gasteiger partial charge in [-0.25, -0.2) is 19.7 Å². The van der Waals surface area contributed by atoms with Crippen molar-refractivity contribution in [1.82, 2.24) is 19.5 Å². The summed E-state index contributed by atoms with van der Waals surface area (Å²) in [5, 5.41) is 13.0. The van der Waals surface area contributed by atoms with Crippen molar-refractivity contribution in [3.8, 4) is 0 Å². The minimum Gasteiger partial charge on any atom is -0.443 e. The fourth-order valence-electron chi connectivity index (χ4n) is 3.29. The zero-order valence-corrected chi connectivity index (χ0v) is 17.4. The van der Waals surface area contributed by atoms with Gasteiger partial charge in [0.2, 0.25) is 0 Å². The van der Waals surface area contributed by atoms with Gasteiger partial charge in [0.05, 0.1) is 16.5 Å². The summed E-state index contributed by atoms with van der Waals surface area (Å²) >= 11 is 0. The Hall–Kier alpha value is -4.08. The van der Waals surface area contributed by atoms with Crippen LogP contribution in [-0.4, -0.2) is 36.1 Å². The number of nitrogens with zero attached hydrogens (tertiary/aromatic N) is 6. The molecule has 158 valence electrons. The maximum Gasteiger partial charge on any atom is 0.421 e. The molecule has 10 heteroatoms. The first-order valence-electron chi connectivity index (χ1n) is 9.48. The van der Waals surface area contributed by atoms with Crippen LogP contribution < -0.4 is 4.90 Å². The molecule has 0 aliphatic carbocycles. The van der Waals surface area contributed by atoms with Gasteiger partial charge in [0, 0.05) is 42.5 Å². The molecule has 4 rings (SSSR count). The van der Waals surface area contributed by atoms with Crippen molar-refractivity contribution < 1.29 is 14.5 Å². The topological polar surface area (TPSA) is 116 Å². The van der Waals surface area contributed by atoms with Gasteiger partial charge in [0.15, 0.2) is 5.82 Å². The molecule has 0 saturated heterocycles. The number of anilines is 2. The van der Waals surface area contributed by atoms with E-state index in [9.17, 15) is 14.9 Å². The Morgan fingerprint density at radius 1 is 1.13 bits per heavy atom. The van der Waals surface area contributed by atoms with Gasteiger partial charge in [0.1, 0.15) is 17.1 Å². The van der Waals surface area contributed by atoms with Crippen LogP contribution in [0.3, 0.4) is 0 Å². The van der Waals surface area contributed by atoms with Gasteiger partial charge in [-0.3, -0.25) is 15.1 Å². The minimum absolute atomic E-state index is 0.0377. The maximum atomic E-state index is 13.1. The largest absolute Gasteiger partial charge is 0.443 e. The molecule has 4 aromatic rings. The van der Waals surface area contributed by atoms with E-state index in [1.165, 1.54) is 18.3 Å². The molecule has 0 aliphatic heterocycles. The summed E-state index contributed by atoms with van der Waals surface area (Å²) in [7, 11) is 1.87. The zero-order valence-electron chi connectivity index (χ0n) is 17.4. The van der Waals surface area contributed by atoms with Gasteiger partial charge < -0.3 is 9.30 Å². The minimum atomic E-state index is -0.786. The van der Waals surface area contributed by atoms with Gasteiger partial charge in [-0.05, 0) is 39.0 Å². The predicted molar refractivity (Wildman–Crippen MR) is 115 cm³/mol. The average molecular weight is 420 g/mol. The molecule has 4 aromatic heterocycles. The average Bonchev–Trinajstić information content (AvgIpc) is 2.99. The molecule has 0 bridgehead atoms. The van der Waals surface area contributed by atoms with Crippen LogP contribution in [0.5, 0.6) is 0 Å². The molecular formula is C21H20N6O4. The SMILES string of the molecule is Cn1c2ccncc2c2ccc(N(C(=O)OC(C)(C)C)c3cc([N+](=O)[O-])ccn3)nc21. The number of carbonyl (C=O) groups is 1. The second kappa shape index (κ2) is 7.31. The Kier molecular flexibility index (Phi) is 4.77. The van der Waals surface area contributed by atoms with Gasteiger partial charge in [0.25, 0.3) is 5.69 Å². The van der Waals surface area contributed by atoms with E-state index >= 15 is 0 Å².